The van der Waals surface area contributed by atoms with Crippen molar-refractivity contribution in [3.8, 4) is 5.75 Å². The predicted molar refractivity (Wildman–Crippen MR) is 134 cm³/mol. The van der Waals surface area contributed by atoms with Gasteiger partial charge in [-0.25, -0.2) is 4.79 Å². The van der Waals surface area contributed by atoms with Crippen LogP contribution in [-0.2, 0) is 25.6 Å². The van der Waals surface area contributed by atoms with E-state index in [9.17, 15) is 34.5 Å². The van der Waals surface area contributed by atoms with Gasteiger partial charge in [0.25, 0.3) is 0 Å². The zero-order chi connectivity index (χ0) is 27.6. The van der Waals surface area contributed by atoms with Crippen LogP contribution in [0.15, 0.2) is 24.3 Å². The van der Waals surface area contributed by atoms with Gasteiger partial charge < -0.3 is 37.0 Å². The molecule has 0 aliphatic carbocycles. The predicted octanol–water partition coefficient (Wildman–Crippen LogP) is 0.274. The van der Waals surface area contributed by atoms with Crippen molar-refractivity contribution in [1.82, 2.24) is 16.0 Å². The van der Waals surface area contributed by atoms with E-state index in [0.29, 0.717) is 5.56 Å². The number of amides is 3. The molecule has 0 fully saturated rings. The summed E-state index contributed by atoms with van der Waals surface area (Å²) in [5, 5.41) is 36.4. The maximum absolute atomic E-state index is 13.0. The first-order valence-electron chi connectivity index (χ1n) is 12.1. The molecule has 1 aromatic carbocycles. The van der Waals surface area contributed by atoms with Crippen molar-refractivity contribution >= 4 is 23.7 Å². The Morgan fingerprint density at radius 1 is 0.806 bits per heavy atom. The lowest BCUT2D eigenvalue weighted by molar-refractivity contribution is -0.143. The van der Waals surface area contributed by atoms with Gasteiger partial charge in [-0.2, -0.15) is 0 Å². The average molecular weight is 509 g/mol. The molecular formula is C25H40N4O7. The molecule has 202 valence electrons. The number of hydrogen-bond donors (Lipinski definition) is 7. The lowest BCUT2D eigenvalue weighted by Crippen LogP contribution is -2.60. The highest BCUT2D eigenvalue weighted by molar-refractivity contribution is 5.94. The smallest absolute Gasteiger partial charge is 0.326 e. The Morgan fingerprint density at radius 2 is 1.31 bits per heavy atom. The minimum atomic E-state index is -1.39. The first-order valence-corrected chi connectivity index (χ1v) is 12.1. The molecule has 0 radical (unpaired) electrons. The summed E-state index contributed by atoms with van der Waals surface area (Å²) in [4.78, 5) is 50.1. The van der Waals surface area contributed by atoms with Gasteiger partial charge in [0.1, 0.15) is 23.9 Å². The molecule has 1 aromatic rings. The fourth-order valence-electron chi connectivity index (χ4n) is 3.57. The maximum Gasteiger partial charge on any atom is 0.326 e. The van der Waals surface area contributed by atoms with E-state index in [1.807, 2.05) is 27.7 Å². The molecule has 8 N–H and O–H groups in total. The van der Waals surface area contributed by atoms with Gasteiger partial charge in [0, 0.05) is 0 Å². The van der Waals surface area contributed by atoms with Crippen molar-refractivity contribution in [2.45, 2.75) is 84.2 Å². The topological polar surface area (TPSA) is 191 Å². The van der Waals surface area contributed by atoms with Gasteiger partial charge in [0.15, 0.2) is 0 Å². The van der Waals surface area contributed by atoms with E-state index in [-0.39, 0.29) is 36.8 Å². The van der Waals surface area contributed by atoms with Gasteiger partial charge in [-0.1, -0.05) is 39.8 Å². The number of nitrogens with one attached hydrogen (secondary N) is 3. The molecule has 0 heterocycles. The SMILES string of the molecule is CC(C)CC(NC(=O)C(CC(C)C)NC(=O)C(NC(=O)C(N)Cc1ccc(O)cc1)C(C)O)C(=O)O. The summed E-state index contributed by atoms with van der Waals surface area (Å²) in [6.07, 6.45) is -0.739. The lowest BCUT2D eigenvalue weighted by atomic mass is 10.00. The Hall–Kier alpha value is -3.18. The highest BCUT2D eigenvalue weighted by Crippen LogP contribution is 2.12. The quantitative estimate of drug-likeness (QED) is 0.186. The standard InChI is InChI=1S/C25H40N4O7/c1-13(2)10-19(23(33)28-20(25(35)36)11-14(3)4)27-24(34)21(15(5)30)29-22(32)18(26)12-16-6-8-17(31)9-7-16/h6-9,13-15,18-21,30-31H,10-12,26H2,1-5H3,(H,27,34)(H,28,33)(H,29,32)(H,35,36). The third-order valence-electron chi connectivity index (χ3n) is 5.45. The normalized spacial score (nSPS) is 15.5. The summed E-state index contributed by atoms with van der Waals surface area (Å²) < 4.78 is 0. The van der Waals surface area contributed by atoms with Crippen LogP contribution in [0.25, 0.3) is 0 Å². The monoisotopic (exact) mass is 508 g/mol. The Balaban J connectivity index is 2.92. The van der Waals surface area contributed by atoms with E-state index in [1.165, 1.54) is 19.1 Å². The number of aromatic hydroxyl groups is 1. The van der Waals surface area contributed by atoms with Crippen molar-refractivity contribution in [2.24, 2.45) is 17.6 Å². The number of carbonyl (C=O) groups is 4. The number of aliphatic hydroxyl groups excluding tert-OH is 1. The van der Waals surface area contributed by atoms with E-state index < -0.39 is 54.0 Å². The van der Waals surface area contributed by atoms with Crippen molar-refractivity contribution < 1.29 is 34.5 Å². The summed E-state index contributed by atoms with van der Waals surface area (Å²) in [7, 11) is 0. The number of nitrogens with two attached hydrogens (primary N) is 1. The zero-order valence-electron chi connectivity index (χ0n) is 21.5. The fourth-order valence-corrected chi connectivity index (χ4v) is 3.57. The molecule has 0 aliphatic heterocycles. The summed E-state index contributed by atoms with van der Waals surface area (Å²) in [5.41, 5.74) is 6.66. The van der Waals surface area contributed by atoms with Crippen LogP contribution in [-0.4, -0.2) is 69.3 Å². The van der Waals surface area contributed by atoms with E-state index in [0.717, 1.165) is 0 Å². The zero-order valence-corrected chi connectivity index (χ0v) is 21.5. The Morgan fingerprint density at radius 3 is 1.78 bits per heavy atom. The third-order valence-corrected chi connectivity index (χ3v) is 5.45. The van der Waals surface area contributed by atoms with Crippen molar-refractivity contribution in [2.75, 3.05) is 0 Å². The average Bonchev–Trinajstić information content (AvgIpc) is 2.76. The first-order chi connectivity index (χ1) is 16.7. The number of phenolic OH excluding ortho intramolecular Hbond substituents is 1. The molecule has 0 aromatic heterocycles. The Kier molecular flexibility index (Phi) is 12.3. The second-order valence-electron chi connectivity index (χ2n) is 9.92. The second kappa shape index (κ2) is 14.4. The highest BCUT2D eigenvalue weighted by atomic mass is 16.4. The highest BCUT2D eigenvalue weighted by Gasteiger charge is 2.33. The van der Waals surface area contributed by atoms with Gasteiger partial charge in [-0.05, 0) is 55.7 Å². The molecule has 0 saturated carbocycles. The summed E-state index contributed by atoms with van der Waals surface area (Å²) in [6.45, 7) is 8.66. The third kappa shape index (κ3) is 10.6. The molecule has 0 saturated heterocycles. The van der Waals surface area contributed by atoms with Crippen LogP contribution >= 0.6 is 0 Å². The minimum absolute atomic E-state index is 0.0187. The van der Waals surface area contributed by atoms with Gasteiger partial charge in [0.05, 0.1) is 12.1 Å². The Labute approximate surface area is 211 Å². The van der Waals surface area contributed by atoms with Gasteiger partial charge in [-0.15, -0.1) is 0 Å². The number of carboxylic acid groups (broad SMARTS) is 1. The van der Waals surface area contributed by atoms with Crippen molar-refractivity contribution in [3.05, 3.63) is 29.8 Å². The summed E-state index contributed by atoms with van der Waals surface area (Å²) >= 11 is 0. The molecule has 5 atom stereocenters. The van der Waals surface area contributed by atoms with Crippen LogP contribution in [0.1, 0.15) is 53.0 Å². The van der Waals surface area contributed by atoms with Crippen LogP contribution in [0, 0.1) is 11.8 Å². The number of hydrogen-bond acceptors (Lipinski definition) is 7. The Bertz CT molecular complexity index is 887. The molecule has 5 unspecified atom stereocenters. The van der Waals surface area contributed by atoms with Crippen LogP contribution in [0.4, 0.5) is 0 Å². The molecule has 0 bridgehead atoms. The number of rotatable bonds is 14. The molecule has 0 aliphatic rings. The maximum atomic E-state index is 13.0. The molecule has 11 heteroatoms. The molecule has 3 amide bonds. The summed E-state index contributed by atoms with van der Waals surface area (Å²) in [6, 6.07) is 1.52. The number of aliphatic carboxylic acids is 1. The van der Waals surface area contributed by atoms with Gasteiger partial charge in [0.2, 0.25) is 17.7 Å². The van der Waals surface area contributed by atoms with Gasteiger partial charge >= 0.3 is 5.97 Å². The minimum Gasteiger partial charge on any atom is -0.508 e. The van der Waals surface area contributed by atoms with Gasteiger partial charge in [-0.3, -0.25) is 14.4 Å². The van der Waals surface area contributed by atoms with E-state index in [4.69, 9.17) is 5.73 Å². The van der Waals surface area contributed by atoms with E-state index in [2.05, 4.69) is 16.0 Å². The molecule has 36 heavy (non-hydrogen) atoms. The van der Waals surface area contributed by atoms with E-state index >= 15 is 0 Å². The number of aliphatic hydroxyl groups is 1. The molecule has 0 spiro atoms. The number of phenols is 1. The largest absolute Gasteiger partial charge is 0.508 e. The van der Waals surface area contributed by atoms with Crippen LogP contribution in [0.5, 0.6) is 5.75 Å². The number of benzene rings is 1. The van der Waals surface area contributed by atoms with Crippen LogP contribution in [0.2, 0.25) is 0 Å². The van der Waals surface area contributed by atoms with Crippen molar-refractivity contribution in [3.63, 3.8) is 0 Å². The second-order valence-corrected chi connectivity index (χ2v) is 9.92. The molecular weight excluding hydrogens is 468 g/mol. The molecule has 11 nitrogen and oxygen atoms in total. The lowest BCUT2D eigenvalue weighted by Gasteiger charge is -2.27. The number of carbonyl (C=O) groups excluding carboxylic acids is 3. The van der Waals surface area contributed by atoms with Crippen LogP contribution in [0.3, 0.4) is 0 Å². The fraction of sp³-hybridized carbons (Fsp3) is 0.600. The van der Waals surface area contributed by atoms with E-state index in [1.54, 1.807) is 12.1 Å². The van der Waals surface area contributed by atoms with Crippen LogP contribution < -0.4 is 21.7 Å². The first kappa shape index (κ1) is 30.9. The number of carboxylic acids is 1. The summed E-state index contributed by atoms with van der Waals surface area (Å²) in [5.74, 6) is -3.25. The van der Waals surface area contributed by atoms with Crippen molar-refractivity contribution in [1.29, 1.82) is 0 Å². The molecule has 1 rings (SSSR count).